The van der Waals surface area contributed by atoms with Gasteiger partial charge >= 0.3 is 6.18 Å². The zero-order valence-electron chi connectivity index (χ0n) is 20.6. The number of alkyl halides is 3. The number of rotatable bonds is 5. The van der Waals surface area contributed by atoms with Gasteiger partial charge in [0.25, 0.3) is 5.56 Å². The SMILES string of the molecule is O=c1c2ccccc2c(C=Nc2ccc(S(=O)(=O)N3CCCCC3)cc2)c(O)n1-c1cccc(C(F)(F)F)c1. The number of piperidine rings is 1. The Labute approximate surface area is 222 Å². The van der Waals surface area contributed by atoms with Crippen molar-refractivity contribution in [2.24, 2.45) is 4.99 Å². The number of sulfonamides is 1. The molecule has 39 heavy (non-hydrogen) atoms. The lowest BCUT2D eigenvalue weighted by molar-refractivity contribution is -0.137. The Balaban J connectivity index is 1.55. The van der Waals surface area contributed by atoms with Gasteiger partial charge in [-0.05, 0) is 61.4 Å². The van der Waals surface area contributed by atoms with E-state index in [9.17, 15) is 31.5 Å². The van der Waals surface area contributed by atoms with Crippen molar-refractivity contribution in [3.8, 4) is 11.6 Å². The summed E-state index contributed by atoms with van der Waals surface area (Å²) in [5.74, 6) is -0.578. The molecule has 0 spiro atoms. The molecule has 0 bridgehead atoms. The van der Waals surface area contributed by atoms with E-state index in [0.29, 0.717) is 24.2 Å². The molecule has 1 aliphatic heterocycles. The van der Waals surface area contributed by atoms with Crippen molar-refractivity contribution in [2.75, 3.05) is 13.1 Å². The van der Waals surface area contributed by atoms with Gasteiger partial charge in [0.1, 0.15) is 0 Å². The molecule has 0 amide bonds. The summed E-state index contributed by atoms with van der Waals surface area (Å²) in [6.07, 6.45) is -0.689. The Hall–Kier alpha value is -3.96. The molecule has 1 fully saturated rings. The van der Waals surface area contributed by atoms with Crippen molar-refractivity contribution >= 4 is 32.7 Å². The normalized spacial score (nSPS) is 15.3. The van der Waals surface area contributed by atoms with E-state index in [0.717, 1.165) is 42.0 Å². The smallest absolute Gasteiger partial charge is 0.416 e. The number of hydrogen-bond donors (Lipinski definition) is 1. The molecule has 1 saturated heterocycles. The molecule has 2 heterocycles. The number of pyridine rings is 1. The molecule has 7 nitrogen and oxygen atoms in total. The van der Waals surface area contributed by atoms with Gasteiger partial charge in [-0.15, -0.1) is 0 Å². The highest BCUT2D eigenvalue weighted by Crippen LogP contribution is 2.32. The molecule has 11 heteroatoms. The van der Waals surface area contributed by atoms with Crippen molar-refractivity contribution in [1.82, 2.24) is 8.87 Å². The predicted molar refractivity (Wildman–Crippen MR) is 143 cm³/mol. The first-order valence-corrected chi connectivity index (χ1v) is 13.7. The Morgan fingerprint density at radius 2 is 1.54 bits per heavy atom. The molecular formula is C28H24F3N3O4S. The number of hydrogen-bond acceptors (Lipinski definition) is 5. The van der Waals surface area contributed by atoms with Crippen molar-refractivity contribution in [1.29, 1.82) is 0 Å². The van der Waals surface area contributed by atoms with E-state index >= 15 is 0 Å². The molecule has 1 aromatic heterocycles. The highest BCUT2D eigenvalue weighted by Gasteiger charge is 2.31. The Bertz CT molecular complexity index is 1720. The summed E-state index contributed by atoms with van der Waals surface area (Å²) >= 11 is 0. The molecule has 1 aliphatic rings. The van der Waals surface area contributed by atoms with E-state index in [1.54, 1.807) is 18.2 Å². The van der Waals surface area contributed by atoms with Gasteiger partial charge in [0, 0.05) is 30.1 Å². The monoisotopic (exact) mass is 555 g/mol. The second-order valence-electron chi connectivity index (χ2n) is 9.19. The number of fused-ring (bicyclic) bond motifs is 1. The van der Waals surface area contributed by atoms with E-state index < -0.39 is 33.2 Å². The minimum atomic E-state index is -4.63. The number of benzene rings is 3. The van der Waals surface area contributed by atoms with Crippen LogP contribution in [0.2, 0.25) is 0 Å². The summed E-state index contributed by atoms with van der Waals surface area (Å²) in [6.45, 7) is 0.965. The summed E-state index contributed by atoms with van der Waals surface area (Å²) < 4.78 is 68.1. The van der Waals surface area contributed by atoms with Gasteiger partial charge in [0.15, 0.2) is 0 Å². The van der Waals surface area contributed by atoms with Gasteiger partial charge in [-0.3, -0.25) is 9.79 Å². The summed E-state index contributed by atoms with van der Waals surface area (Å²) in [7, 11) is -3.61. The average Bonchev–Trinajstić information content (AvgIpc) is 2.93. The van der Waals surface area contributed by atoms with Crippen LogP contribution >= 0.6 is 0 Å². The Morgan fingerprint density at radius 3 is 2.21 bits per heavy atom. The highest BCUT2D eigenvalue weighted by molar-refractivity contribution is 7.89. The fraction of sp³-hybridized carbons (Fsp3) is 0.214. The van der Waals surface area contributed by atoms with Crippen LogP contribution in [0.3, 0.4) is 0 Å². The third kappa shape index (κ3) is 5.19. The highest BCUT2D eigenvalue weighted by atomic mass is 32.2. The number of aromatic hydroxyl groups is 1. The first-order valence-electron chi connectivity index (χ1n) is 12.3. The predicted octanol–water partition coefficient (Wildman–Crippen LogP) is 5.64. The fourth-order valence-corrected chi connectivity index (χ4v) is 6.16. The first-order chi connectivity index (χ1) is 18.6. The number of aliphatic imine (C=N–C) groups is 1. The number of halogens is 3. The molecule has 0 aliphatic carbocycles. The molecule has 5 rings (SSSR count). The topological polar surface area (TPSA) is 92.0 Å². The molecule has 0 unspecified atom stereocenters. The van der Waals surface area contributed by atoms with Crippen LogP contribution in [0, 0.1) is 0 Å². The van der Waals surface area contributed by atoms with Crippen LogP contribution in [0.15, 0.2) is 87.5 Å². The molecule has 1 N–H and O–H groups in total. The molecular weight excluding hydrogens is 531 g/mol. The van der Waals surface area contributed by atoms with Crippen molar-refractivity contribution in [2.45, 2.75) is 30.3 Å². The summed E-state index contributed by atoms with van der Waals surface area (Å²) in [5, 5.41) is 11.6. The lowest BCUT2D eigenvalue weighted by Gasteiger charge is -2.25. The van der Waals surface area contributed by atoms with Crippen LogP contribution in [0.5, 0.6) is 5.88 Å². The quantitative estimate of drug-likeness (QED) is 0.323. The number of nitrogens with zero attached hydrogens (tertiary/aromatic N) is 3. The molecule has 3 aromatic carbocycles. The molecule has 4 aromatic rings. The van der Waals surface area contributed by atoms with E-state index in [1.807, 2.05) is 0 Å². The van der Waals surface area contributed by atoms with E-state index in [1.165, 1.54) is 46.9 Å². The largest absolute Gasteiger partial charge is 0.494 e. The summed E-state index contributed by atoms with van der Waals surface area (Å²) in [5.41, 5.74) is -1.30. The zero-order valence-corrected chi connectivity index (χ0v) is 21.4. The maximum atomic E-state index is 13.3. The second-order valence-corrected chi connectivity index (χ2v) is 11.1. The van der Waals surface area contributed by atoms with Gasteiger partial charge in [0.05, 0.1) is 27.4 Å². The van der Waals surface area contributed by atoms with E-state index in [4.69, 9.17) is 0 Å². The van der Waals surface area contributed by atoms with Gasteiger partial charge < -0.3 is 5.11 Å². The molecule has 0 atom stereocenters. The lowest BCUT2D eigenvalue weighted by Crippen LogP contribution is -2.35. The maximum Gasteiger partial charge on any atom is 0.416 e. The van der Waals surface area contributed by atoms with Crippen LogP contribution in [-0.4, -0.2) is 41.7 Å². The second kappa shape index (κ2) is 10.3. The summed E-state index contributed by atoms with van der Waals surface area (Å²) in [4.78, 5) is 17.7. The third-order valence-corrected chi connectivity index (χ3v) is 8.58. The molecule has 202 valence electrons. The van der Waals surface area contributed by atoms with Crippen LogP contribution in [0.25, 0.3) is 16.5 Å². The van der Waals surface area contributed by atoms with E-state index in [-0.39, 0.29) is 21.5 Å². The van der Waals surface area contributed by atoms with Crippen molar-refractivity contribution < 1.29 is 26.7 Å². The first kappa shape index (κ1) is 26.6. The maximum absolute atomic E-state index is 13.3. The lowest BCUT2D eigenvalue weighted by atomic mass is 10.1. The van der Waals surface area contributed by atoms with E-state index in [2.05, 4.69) is 4.99 Å². The third-order valence-electron chi connectivity index (χ3n) is 6.67. The minimum Gasteiger partial charge on any atom is -0.494 e. The number of aromatic nitrogens is 1. The van der Waals surface area contributed by atoms with Crippen LogP contribution in [0.4, 0.5) is 18.9 Å². The van der Waals surface area contributed by atoms with Crippen LogP contribution in [-0.2, 0) is 16.2 Å². The minimum absolute atomic E-state index is 0.118. The zero-order chi connectivity index (χ0) is 27.8. The van der Waals surface area contributed by atoms with Crippen LogP contribution in [0.1, 0.15) is 30.4 Å². The molecule has 0 saturated carbocycles. The van der Waals surface area contributed by atoms with Crippen molar-refractivity contribution in [3.05, 3.63) is 94.3 Å². The van der Waals surface area contributed by atoms with Gasteiger partial charge in [-0.1, -0.05) is 30.7 Å². The van der Waals surface area contributed by atoms with Gasteiger partial charge in [-0.25, -0.2) is 13.0 Å². The molecule has 0 radical (unpaired) electrons. The van der Waals surface area contributed by atoms with Crippen LogP contribution < -0.4 is 5.56 Å². The van der Waals surface area contributed by atoms with Crippen molar-refractivity contribution in [3.63, 3.8) is 0 Å². The van der Waals surface area contributed by atoms with Gasteiger partial charge in [-0.2, -0.15) is 17.5 Å². The van der Waals surface area contributed by atoms with Gasteiger partial charge in [0.2, 0.25) is 15.9 Å². The fourth-order valence-electron chi connectivity index (χ4n) is 4.65. The Kier molecular flexibility index (Phi) is 7.04. The Morgan fingerprint density at radius 1 is 0.872 bits per heavy atom. The standard InChI is InChI=1S/C28H24F3N3O4S/c29-28(30,31)19-7-6-8-21(17-19)34-26(35)24-10-3-2-9-23(24)25(27(34)36)18-32-20-11-13-22(14-12-20)39(37,38)33-15-4-1-5-16-33/h2-3,6-14,17-18,36H,1,4-5,15-16H2. The summed E-state index contributed by atoms with van der Waals surface area (Å²) in [6, 6.07) is 16.5. The average molecular weight is 556 g/mol.